The number of anilines is 3. The predicted octanol–water partition coefficient (Wildman–Crippen LogP) is 32.8. The first kappa shape index (κ1) is 84.4. The molecule has 0 saturated carbocycles. The van der Waals surface area contributed by atoms with Crippen molar-refractivity contribution >= 4 is 188 Å². The molecule has 0 atom stereocenters. The lowest BCUT2D eigenvalue weighted by atomic mass is 9.96. The first-order valence-corrected chi connectivity index (χ1v) is 50.3. The van der Waals surface area contributed by atoms with Crippen LogP contribution in [0.15, 0.2) is 516 Å². The molecule has 29 rings (SSSR count). The maximum absolute atomic E-state index is 14.9. The summed E-state index contributed by atoms with van der Waals surface area (Å²) in [5.41, 5.74) is 27.8. The molecule has 7 aromatic heterocycles. The second-order valence-corrected chi connectivity index (χ2v) is 39.4. The van der Waals surface area contributed by atoms with Crippen LogP contribution in [0.5, 0.6) is 0 Å². The van der Waals surface area contributed by atoms with E-state index >= 15 is 0 Å². The molecule has 12 heteroatoms. The first-order valence-electron chi connectivity index (χ1n) is 48.6. The lowest BCUT2D eigenvalue weighted by molar-refractivity contribution is 0.592. The average molecular weight is 1860 g/mol. The third kappa shape index (κ3) is 14.5. The standard InChI is InChI=1S/C47H31N3.C44H27N5.C41H27N2OP/c1-3-11-32(12-4-1)34-19-24-37(25-20-34)49(38-26-21-35(22-27-38)33-13-5-2-6-14-33)39-28-30-41-45(31-39)50-44-18-10-9-17-43(44)48-47(50)42-29-23-36-15-7-8-16-40(36)46(41)42;1-3-12-30(13-4-1)41-46-42(31-14-5-2-6-15-31)48-43(47-41)32-21-19-28(20-22-32)33-24-25-35-39(27-33)49-38-18-10-9-17-37(38)45-44(49)36-26-23-29-11-7-8-16-34(29)40(35)36;44-45(31-12-3-1-4-13-31,32-14-5-2-6-15-32)33-23-19-28(20-24-33)30-22-25-35-39(27-30)43-38-18-10-9-17-37(38)42-41(43)36-26-21-29-11-7-8-16-34(29)40(35)36/h1-31H;1-27H;1-27H. The summed E-state index contributed by atoms with van der Waals surface area (Å²) in [5.74, 6) is 1.95. The minimum absolute atomic E-state index is 0.641. The van der Waals surface area contributed by atoms with Crippen LogP contribution in [0, 0.1) is 0 Å². The highest BCUT2D eigenvalue weighted by Crippen LogP contribution is 2.48. The van der Waals surface area contributed by atoms with Gasteiger partial charge < -0.3 is 9.46 Å². The number of aromatic nitrogens is 9. The van der Waals surface area contributed by atoms with Gasteiger partial charge in [-0.05, 0) is 180 Å². The van der Waals surface area contributed by atoms with E-state index < -0.39 is 7.14 Å². The highest BCUT2D eigenvalue weighted by molar-refractivity contribution is 7.85. The van der Waals surface area contributed by atoms with Gasteiger partial charge >= 0.3 is 0 Å². The van der Waals surface area contributed by atoms with Gasteiger partial charge in [-0.2, -0.15) is 0 Å². The SMILES string of the molecule is O=P(c1ccccc1)(c1ccccc1)c1ccc(-c2ccc3c4c5ccccc5ccc4c4nc5ccccc5n4c3c2)cc1.c1ccc(-c2ccc(N(c3ccc(-c4ccccc4)cc3)c3ccc4c5c6ccccc6ccc5c5nc6ccccc6n5c4c3)cc2)cc1.c1ccc(-c2nc(-c3ccccc3)nc(-c3ccc(-c4ccc5c6c7ccccc7ccc6c6nc7ccccc7n6c5c4)cc3)n2)cc1. The lowest BCUT2D eigenvalue weighted by Gasteiger charge is -2.26. The summed E-state index contributed by atoms with van der Waals surface area (Å²) in [6.07, 6.45) is 0. The molecule has 0 saturated heterocycles. The van der Waals surface area contributed by atoms with Crippen molar-refractivity contribution in [2.75, 3.05) is 4.90 Å². The minimum atomic E-state index is -3.04. The molecule has 144 heavy (non-hydrogen) atoms. The smallest absolute Gasteiger partial charge is 0.171 e. The van der Waals surface area contributed by atoms with Gasteiger partial charge in [0.25, 0.3) is 0 Å². The Labute approximate surface area is 828 Å². The number of benzene rings is 22. The normalized spacial score (nSPS) is 11.8. The quantitative estimate of drug-likeness (QED) is 0.0829. The number of para-hydroxylation sites is 6. The van der Waals surface area contributed by atoms with Crippen molar-refractivity contribution in [2.24, 2.45) is 0 Å². The molecule has 674 valence electrons. The fourth-order valence-electron chi connectivity index (χ4n) is 21.5. The Morgan fingerprint density at radius 1 is 0.174 bits per heavy atom. The molecule has 11 nitrogen and oxygen atoms in total. The Kier molecular flexibility index (Phi) is 20.6. The van der Waals surface area contributed by atoms with Gasteiger partial charge in [0.2, 0.25) is 0 Å². The molecule has 0 aliphatic heterocycles. The van der Waals surface area contributed by atoms with E-state index in [1.54, 1.807) is 0 Å². The van der Waals surface area contributed by atoms with Crippen molar-refractivity contribution in [1.29, 1.82) is 0 Å². The van der Waals surface area contributed by atoms with Crippen LogP contribution in [-0.2, 0) is 4.57 Å². The van der Waals surface area contributed by atoms with E-state index in [1.807, 2.05) is 140 Å². The Morgan fingerprint density at radius 3 is 0.799 bits per heavy atom. The number of imidazole rings is 3. The fourth-order valence-corrected chi connectivity index (χ4v) is 24.2. The molecule has 0 N–H and O–H groups in total. The maximum Gasteiger partial charge on any atom is 0.171 e. The van der Waals surface area contributed by atoms with E-state index in [0.29, 0.717) is 17.5 Å². The molecule has 0 bridgehead atoms. The Morgan fingerprint density at radius 2 is 0.424 bits per heavy atom. The predicted molar refractivity (Wildman–Crippen MR) is 601 cm³/mol. The van der Waals surface area contributed by atoms with E-state index in [9.17, 15) is 4.57 Å². The van der Waals surface area contributed by atoms with Gasteiger partial charge in [0.05, 0.1) is 49.7 Å². The summed E-state index contributed by atoms with van der Waals surface area (Å²) in [4.78, 5) is 32.5. The topological polar surface area (TPSA) is 111 Å². The van der Waals surface area contributed by atoms with Crippen molar-refractivity contribution < 1.29 is 4.57 Å². The van der Waals surface area contributed by atoms with Crippen molar-refractivity contribution in [1.82, 2.24) is 43.1 Å². The molecule has 0 fully saturated rings. The van der Waals surface area contributed by atoms with Gasteiger partial charge in [-0.15, -0.1) is 0 Å². The van der Waals surface area contributed by atoms with E-state index in [4.69, 9.17) is 29.9 Å². The third-order valence-corrected chi connectivity index (χ3v) is 31.5. The summed E-state index contributed by atoms with van der Waals surface area (Å²) < 4.78 is 21.9. The van der Waals surface area contributed by atoms with Gasteiger partial charge in [-0.3, -0.25) is 13.2 Å². The summed E-state index contributed by atoms with van der Waals surface area (Å²) in [6.45, 7) is 0. The van der Waals surface area contributed by atoms with Crippen molar-refractivity contribution in [3.8, 4) is 78.7 Å². The third-order valence-electron chi connectivity index (χ3n) is 28.4. The van der Waals surface area contributed by atoms with Crippen molar-refractivity contribution in [3.63, 3.8) is 0 Å². The molecular weight excluding hydrogens is 1770 g/mol. The van der Waals surface area contributed by atoms with E-state index in [2.05, 4.69) is 394 Å². The highest BCUT2D eigenvalue weighted by Gasteiger charge is 2.31. The summed E-state index contributed by atoms with van der Waals surface area (Å²) in [7, 11) is -3.04. The second kappa shape index (κ2) is 35.2. The van der Waals surface area contributed by atoms with Crippen LogP contribution in [-0.4, -0.2) is 43.1 Å². The molecule has 0 spiro atoms. The summed E-state index contributed by atoms with van der Waals surface area (Å²) in [6, 6.07) is 180. The van der Waals surface area contributed by atoms with Crippen LogP contribution in [0.1, 0.15) is 0 Å². The van der Waals surface area contributed by atoms with Crippen molar-refractivity contribution in [2.45, 2.75) is 0 Å². The fraction of sp³-hybridized carbons (Fsp3) is 0. The van der Waals surface area contributed by atoms with Crippen LogP contribution in [0.25, 0.3) is 226 Å². The van der Waals surface area contributed by atoms with Crippen LogP contribution in [0.3, 0.4) is 0 Å². The molecule has 0 amide bonds. The first-order chi connectivity index (χ1) is 71.3. The van der Waals surface area contributed by atoms with Gasteiger partial charge in [-0.1, -0.05) is 413 Å². The zero-order chi connectivity index (χ0) is 95.3. The summed E-state index contributed by atoms with van der Waals surface area (Å²) >= 11 is 0. The zero-order valence-electron chi connectivity index (χ0n) is 77.9. The molecular formula is C132H85N10OP. The van der Waals surface area contributed by atoms with E-state index in [1.165, 1.54) is 86.9 Å². The number of pyridine rings is 3. The molecule has 0 aliphatic carbocycles. The van der Waals surface area contributed by atoms with Gasteiger partial charge in [0, 0.05) is 98.1 Å². The molecule has 22 aromatic carbocycles. The second-order valence-electron chi connectivity index (χ2n) is 36.7. The largest absolute Gasteiger partial charge is 0.310 e. The van der Waals surface area contributed by atoms with Crippen LogP contribution >= 0.6 is 7.14 Å². The number of fused-ring (bicyclic) bond motifs is 30. The minimum Gasteiger partial charge on any atom is -0.310 e. The van der Waals surface area contributed by atoms with Crippen molar-refractivity contribution in [3.05, 3.63) is 516 Å². The van der Waals surface area contributed by atoms with Crippen LogP contribution in [0.2, 0.25) is 0 Å². The monoisotopic (exact) mass is 1860 g/mol. The number of hydrogen-bond donors (Lipinski definition) is 0. The van der Waals surface area contributed by atoms with E-state index in [0.717, 1.165) is 155 Å². The van der Waals surface area contributed by atoms with Gasteiger partial charge in [0.1, 0.15) is 16.9 Å². The van der Waals surface area contributed by atoms with Crippen LogP contribution in [0.4, 0.5) is 17.1 Å². The van der Waals surface area contributed by atoms with Crippen LogP contribution < -0.4 is 20.8 Å². The average Bonchev–Trinajstić information content (AvgIpc) is 1.50. The van der Waals surface area contributed by atoms with E-state index in [-0.39, 0.29) is 0 Å². The highest BCUT2D eigenvalue weighted by atomic mass is 31.2. The number of hydrogen-bond acceptors (Lipinski definition) is 8. The molecule has 0 unspecified atom stereocenters. The Hall–Kier alpha value is -18.9. The summed E-state index contributed by atoms with van der Waals surface area (Å²) in [5, 5.41) is 20.6. The molecule has 0 radical (unpaired) electrons. The maximum atomic E-state index is 14.9. The zero-order valence-corrected chi connectivity index (χ0v) is 78.8. The number of nitrogens with zero attached hydrogens (tertiary/aromatic N) is 10. The Balaban J connectivity index is 0.000000108. The van der Waals surface area contributed by atoms with Gasteiger partial charge in [0.15, 0.2) is 24.6 Å². The van der Waals surface area contributed by atoms with Gasteiger partial charge in [-0.25, -0.2) is 29.9 Å². The number of rotatable bonds is 13. The molecule has 7 heterocycles. The lowest BCUT2D eigenvalue weighted by Crippen LogP contribution is -2.24. The Bertz CT molecular complexity index is 9970. The molecule has 29 aromatic rings. The molecule has 0 aliphatic rings.